The van der Waals surface area contributed by atoms with E-state index in [1.54, 1.807) is 0 Å². The van der Waals surface area contributed by atoms with Gasteiger partial charge in [0, 0.05) is 12.0 Å². The third-order valence-corrected chi connectivity index (χ3v) is 2.30. The maximum Gasteiger partial charge on any atom is 0.170 e. The Labute approximate surface area is 84.6 Å². The monoisotopic (exact) mass is 192 g/mol. The van der Waals surface area contributed by atoms with Crippen molar-refractivity contribution < 1.29 is 9.21 Å². The molecule has 2 heteroatoms. The Morgan fingerprint density at radius 3 is 2.21 bits per heavy atom. The number of aryl methyl sites for hydroxylation is 2. The second-order valence-electron chi connectivity index (χ2n) is 3.77. The third-order valence-electron chi connectivity index (χ3n) is 2.30. The molecular formula is C12H16O2. The molecule has 0 radical (unpaired) electrons. The van der Waals surface area contributed by atoms with E-state index in [-0.39, 0.29) is 5.78 Å². The highest BCUT2D eigenvalue weighted by atomic mass is 16.3. The van der Waals surface area contributed by atoms with Crippen molar-refractivity contribution in [3.63, 3.8) is 0 Å². The first-order valence-electron chi connectivity index (χ1n) is 4.67. The van der Waals surface area contributed by atoms with Crippen LogP contribution in [-0.2, 0) is 0 Å². The van der Waals surface area contributed by atoms with Crippen LogP contribution in [0.3, 0.4) is 0 Å². The Kier molecular flexibility index (Phi) is 2.94. The highest BCUT2D eigenvalue weighted by Gasteiger charge is 2.17. The van der Waals surface area contributed by atoms with Crippen molar-refractivity contribution in [2.24, 2.45) is 0 Å². The molecule has 0 amide bonds. The van der Waals surface area contributed by atoms with E-state index in [2.05, 4.69) is 6.58 Å². The molecule has 0 aliphatic heterocycles. The summed E-state index contributed by atoms with van der Waals surface area (Å²) in [6, 6.07) is 0. The molecule has 1 aromatic rings. The van der Waals surface area contributed by atoms with E-state index in [4.69, 9.17) is 4.42 Å². The number of rotatable bonds is 3. The van der Waals surface area contributed by atoms with Crippen molar-refractivity contribution in [2.75, 3.05) is 0 Å². The van der Waals surface area contributed by atoms with Crippen molar-refractivity contribution in [3.05, 3.63) is 34.8 Å². The molecule has 2 nitrogen and oxygen atoms in total. The van der Waals surface area contributed by atoms with Crippen LogP contribution in [0.25, 0.3) is 0 Å². The number of hydrogen-bond acceptors (Lipinski definition) is 2. The molecule has 14 heavy (non-hydrogen) atoms. The third kappa shape index (κ3) is 1.95. The van der Waals surface area contributed by atoms with Crippen LogP contribution in [0.15, 0.2) is 16.6 Å². The fourth-order valence-electron chi connectivity index (χ4n) is 1.57. The number of carbonyl (C=O) groups excluding carboxylic acids is 1. The number of ketones is 1. The van der Waals surface area contributed by atoms with Crippen molar-refractivity contribution in [3.8, 4) is 0 Å². The van der Waals surface area contributed by atoms with Gasteiger partial charge in [-0.05, 0) is 27.7 Å². The standard InChI is InChI=1S/C12H16O2/c1-7(2)6-11(13)12-8(3)9(4)14-10(12)5/h1,6H2,2-5H3. The summed E-state index contributed by atoms with van der Waals surface area (Å²) in [6.07, 6.45) is 0.403. The summed E-state index contributed by atoms with van der Waals surface area (Å²) < 4.78 is 5.40. The molecule has 0 aliphatic carbocycles. The average Bonchev–Trinajstić information content (AvgIpc) is 2.25. The van der Waals surface area contributed by atoms with Crippen molar-refractivity contribution in [1.29, 1.82) is 0 Å². The second-order valence-corrected chi connectivity index (χ2v) is 3.77. The Hall–Kier alpha value is -1.31. The zero-order valence-corrected chi connectivity index (χ0v) is 9.23. The lowest BCUT2D eigenvalue weighted by atomic mass is 10.0. The van der Waals surface area contributed by atoms with E-state index < -0.39 is 0 Å². The molecule has 1 aromatic heterocycles. The molecular weight excluding hydrogens is 176 g/mol. The molecule has 0 aliphatic rings. The van der Waals surface area contributed by atoms with Crippen LogP contribution >= 0.6 is 0 Å². The summed E-state index contributed by atoms with van der Waals surface area (Å²) in [7, 11) is 0. The zero-order chi connectivity index (χ0) is 10.9. The largest absolute Gasteiger partial charge is 0.466 e. The van der Waals surface area contributed by atoms with E-state index in [9.17, 15) is 4.79 Å². The number of hydrogen-bond donors (Lipinski definition) is 0. The fourth-order valence-corrected chi connectivity index (χ4v) is 1.57. The van der Waals surface area contributed by atoms with Gasteiger partial charge in [-0.2, -0.15) is 0 Å². The Bertz CT molecular complexity index is 383. The maximum atomic E-state index is 11.8. The Morgan fingerprint density at radius 2 is 1.86 bits per heavy atom. The number of carbonyl (C=O) groups is 1. The van der Waals surface area contributed by atoms with Crippen molar-refractivity contribution in [2.45, 2.75) is 34.1 Å². The molecule has 1 heterocycles. The van der Waals surface area contributed by atoms with E-state index in [0.717, 1.165) is 22.5 Å². The first-order chi connectivity index (χ1) is 6.43. The topological polar surface area (TPSA) is 30.2 Å². The minimum Gasteiger partial charge on any atom is -0.466 e. The smallest absolute Gasteiger partial charge is 0.170 e. The number of furan rings is 1. The van der Waals surface area contributed by atoms with Gasteiger partial charge in [0.2, 0.25) is 0 Å². The van der Waals surface area contributed by atoms with Gasteiger partial charge in [-0.1, -0.05) is 12.2 Å². The predicted octanol–water partition coefficient (Wildman–Crippen LogP) is 3.35. The van der Waals surface area contributed by atoms with Gasteiger partial charge in [-0.3, -0.25) is 4.79 Å². The number of Topliss-reactive ketones (excluding diaryl/α,β-unsaturated/α-hetero) is 1. The average molecular weight is 192 g/mol. The minimum absolute atomic E-state index is 0.101. The molecule has 0 unspecified atom stereocenters. The molecule has 76 valence electrons. The lowest BCUT2D eigenvalue weighted by Crippen LogP contribution is -2.01. The second kappa shape index (κ2) is 3.82. The van der Waals surface area contributed by atoms with E-state index in [0.29, 0.717) is 12.2 Å². The Morgan fingerprint density at radius 1 is 1.29 bits per heavy atom. The number of allylic oxidation sites excluding steroid dienone is 1. The molecule has 0 saturated carbocycles. The summed E-state index contributed by atoms with van der Waals surface area (Å²) in [5.41, 5.74) is 2.56. The van der Waals surface area contributed by atoms with Crippen LogP contribution in [0.5, 0.6) is 0 Å². The summed E-state index contributed by atoms with van der Waals surface area (Å²) in [4.78, 5) is 11.8. The van der Waals surface area contributed by atoms with Crippen LogP contribution in [0.1, 0.15) is 40.8 Å². The van der Waals surface area contributed by atoms with E-state index in [1.807, 2.05) is 27.7 Å². The van der Waals surface area contributed by atoms with Crippen LogP contribution < -0.4 is 0 Å². The fraction of sp³-hybridized carbons (Fsp3) is 0.417. The van der Waals surface area contributed by atoms with Gasteiger partial charge in [0.15, 0.2) is 5.78 Å². The van der Waals surface area contributed by atoms with Crippen LogP contribution in [0.4, 0.5) is 0 Å². The molecule has 0 saturated heterocycles. The molecule has 1 rings (SSSR count). The highest BCUT2D eigenvalue weighted by Crippen LogP contribution is 2.22. The van der Waals surface area contributed by atoms with Gasteiger partial charge in [-0.25, -0.2) is 0 Å². The summed E-state index contributed by atoms with van der Waals surface area (Å²) in [5, 5.41) is 0. The molecule has 0 fully saturated rings. The molecule has 0 atom stereocenters. The van der Waals surface area contributed by atoms with Gasteiger partial charge < -0.3 is 4.42 Å². The first-order valence-corrected chi connectivity index (χ1v) is 4.67. The van der Waals surface area contributed by atoms with Crippen LogP contribution in [0, 0.1) is 20.8 Å². The SMILES string of the molecule is C=C(C)CC(=O)c1c(C)oc(C)c1C. The zero-order valence-electron chi connectivity index (χ0n) is 9.23. The highest BCUT2D eigenvalue weighted by molar-refractivity contribution is 5.99. The van der Waals surface area contributed by atoms with Gasteiger partial charge >= 0.3 is 0 Å². The normalized spacial score (nSPS) is 10.3. The molecule has 0 N–H and O–H groups in total. The van der Waals surface area contributed by atoms with Crippen LogP contribution in [0.2, 0.25) is 0 Å². The van der Waals surface area contributed by atoms with Crippen molar-refractivity contribution in [1.82, 2.24) is 0 Å². The summed E-state index contributed by atoms with van der Waals surface area (Å²) in [6.45, 7) is 11.2. The van der Waals surface area contributed by atoms with E-state index in [1.165, 1.54) is 0 Å². The minimum atomic E-state index is 0.101. The van der Waals surface area contributed by atoms with Crippen LogP contribution in [-0.4, -0.2) is 5.78 Å². The molecule has 0 spiro atoms. The first kappa shape index (κ1) is 10.8. The summed E-state index contributed by atoms with van der Waals surface area (Å²) in [5.74, 6) is 1.64. The van der Waals surface area contributed by atoms with Gasteiger partial charge in [0.25, 0.3) is 0 Å². The predicted molar refractivity (Wildman–Crippen MR) is 56.7 cm³/mol. The lowest BCUT2D eigenvalue weighted by molar-refractivity contribution is 0.0991. The van der Waals surface area contributed by atoms with Gasteiger partial charge in [0.05, 0.1) is 5.56 Å². The quantitative estimate of drug-likeness (QED) is 0.543. The van der Waals surface area contributed by atoms with Crippen molar-refractivity contribution >= 4 is 5.78 Å². The summed E-state index contributed by atoms with van der Waals surface area (Å²) >= 11 is 0. The van der Waals surface area contributed by atoms with Gasteiger partial charge in [-0.15, -0.1) is 0 Å². The van der Waals surface area contributed by atoms with Gasteiger partial charge in [0.1, 0.15) is 11.5 Å². The molecule has 0 bridgehead atoms. The van der Waals surface area contributed by atoms with E-state index >= 15 is 0 Å². The molecule has 0 aromatic carbocycles. The Balaban J connectivity index is 3.06. The lowest BCUT2D eigenvalue weighted by Gasteiger charge is -1.99. The maximum absolute atomic E-state index is 11.8.